The SMILES string of the molecule is CCOc1cc2c(C(=O)O)c(C)c(-c3cccc(C(F)(F)F)c3)nc2cc1OC(C)C. The Morgan fingerprint density at radius 2 is 1.87 bits per heavy atom. The summed E-state index contributed by atoms with van der Waals surface area (Å²) in [5, 5.41) is 10.2. The number of hydrogen-bond donors (Lipinski definition) is 1. The number of pyridine rings is 1. The van der Waals surface area contributed by atoms with Crippen LogP contribution >= 0.6 is 0 Å². The van der Waals surface area contributed by atoms with Crippen molar-refractivity contribution in [3.8, 4) is 22.8 Å². The molecular formula is C23H22F3NO4. The van der Waals surface area contributed by atoms with Crippen LogP contribution in [0.1, 0.15) is 42.3 Å². The van der Waals surface area contributed by atoms with E-state index in [4.69, 9.17) is 9.47 Å². The molecule has 0 bridgehead atoms. The molecule has 0 aliphatic heterocycles. The van der Waals surface area contributed by atoms with Crippen LogP contribution in [-0.4, -0.2) is 28.8 Å². The number of carboxylic acid groups (broad SMARTS) is 1. The summed E-state index contributed by atoms with van der Waals surface area (Å²) >= 11 is 0. The maximum absolute atomic E-state index is 13.2. The number of nitrogens with zero attached hydrogens (tertiary/aromatic N) is 1. The maximum atomic E-state index is 13.2. The third-order valence-corrected chi connectivity index (χ3v) is 4.63. The first kappa shape index (κ1) is 22.4. The van der Waals surface area contributed by atoms with Crippen LogP contribution in [0.5, 0.6) is 11.5 Å². The van der Waals surface area contributed by atoms with E-state index >= 15 is 0 Å². The molecule has 5 nitrogen and oxygen atoms in total. The molecule has 1 heterocycles. The number of carbonyl (C=O) groups is 1. The molecule has 0 fully saturated rings. The zero-order valence-corrected chi connectivity index (χ0v) is 17.5. The van der Waals surface area contributed by atoms with E-state index in [9.17, 15) is 23.1 Å². The zero-order valence-electron chi connectivity index (χ0n) is 17.5. The van der Waals surface area contributed by atoms with Crippen molar-refractivity contribution in [1.29, 1.82) is 0 Å². The molecule has 0 aliphatic carbocycles. The molecule has 8 heteroatoms. The predicted molar refractivity (Wildman–Crippen MR) is 111 cm³/mol. The van der Waals surface area contributed by atoms with Crippen LogP contribution in [0.3, 0.4) is 0 Å². The second-order valence-electron chi connectivity index (χ2n) is 7.26. The lowest BCUT2D eigenvalue weighted by Gasteiger charge is -2.18. The van der Waals surface area contributed by atoms with Gasteiger partial charge in [0.05, 0.1) is 35.0 Å². The summed E-state index contributed by atoms with van der Waals surface area (Å²) in [6.07, 6.45) is -4.70. The van der Waals surface area contributed by atoms with E-state index in [1.54, 1.807) is 19.1 Å². The first-order valence-corrected chi connectivity index (χ1v) is 9.71. The summed E-state index contributed by atoms with van der Waals surface area (Å²) < 4.78 is 51.0. The molecule has 0 aliphatic rings. The second-order valence-corrected chi connectivity index (χ2v) is 7.26. The minimum atomic E-state index is -4.53. The van der Waals surface area contributed by atoms with Crippen LogP contribution in [0.4, 0.5) is 13.2 Å². The van der Waals surface area contributed by atoms with Crippen LogP contribution in [0, 0.1) is 6.92 Å². The molecule has 31 heavy (non-hydrogen) atoms. The number of benzene rings is 2. The van der Waals surface area contributed by atoms with Gasteiger partial charge >= 0.3 is 12.1 Å². The number of ether oxygens (including phenoxy) is 2. The molecule has 0 atom stereocenters. The van der Waals surface area contributed by atoms with E-state index in [0.29, 0.717) is 23.5 Å². The molecule has 0 spiro atoms. The van der Waals surface area contributed by atoms with Gasteiger partial charge in [-0.25, -0.2) is 9.78 Å². The van der Waals surface area contributed by atoms with Crippen LogP contribution in [0.15, 0.2) is 36.4 Å². The van der Waals surface area contributed by atoms with Crippen molar-refractivity contribution in [2.24, 2.45) is 0 Å². The summed E-state index contributed by atoms with van der Waals surface area (Å²) in [5.74, 6) is -0.454. The molecule has 0 unspecified atom stereocenters. The fraction of sp³-hybridized carbons (Fsp3) is 0.304. The lowest BCUT2D eigenvalue weighted by molar-refractivity contribution is -0.137. The number of aromatic carboxylic acids is 1. The minimum Gasteiger partial charge on any atom is -0.490 e. The van der Waals surface area contributed by atoms with Gasteiger partial charge in [0.1, 0.15) is 0 Å². The number of alkyl halides is 3. The highest BCUT2D eigenvalue weighted by Crippen LogP contribution is 2.38. The lowest BCUT2D eigenvalue weighted by Crippen LogP contribution is -2.09. The lowest BCUT2D eigenvalue weighted by atomic mass is 9.96. The van der Waals surface area contributed by atoms with Crippen molar-refractivity contribution in [2.75, 3.05) is 6.61 Å². The van der Waals surface area contributed by atoms with Crippen LogP contribution in [0.25, 0.3) is 22.2 Å². The normalized spacial score (nSPS) is 11.7. The second kappa shape index (κ2) is 8.45. The summed E-state index contributed by atoms with van der Waals surface area (Å²) in [6, 6.07) is 7.78. The van der Waals surface area contributed by atoms with Crippen molar-refractivity contribution < 1.29 is 32.5 Å². The van der Waals surface area contributed by atoms with E-state index in [1.165, 1.54) is 19.1 Å². The van der Waals surface area contributed by atoms with Crippen molar-refractivity contribution in [1.82, 2.24) is 4.98 Å². The average molecular weight is 433 g/mol. The standard InChI is InChI=1S/C23H22F3NO4/c1-5-30-18-10-16-17(11-19(18)31-12(2)3)27-21(13(4)20(16)22(28)29)14-7-6-8-15(9-14)23(24,25)26/h6-12H,5H2,1-4H3,(H,28,29). The molecule has 1 aromatic heterocycles. The zero-order chi connectivity index (χ0) is 22.9. The molecule has 164 valence electrons. The molecule has 1 N–H and O–H groups in total. The van der Waals surface area contributed by atoms with Crippen LogP contribution < -0.4 is 9.47 Å². The van der Waals surface area contributed by atoms with Gasteiger partial charge in [-0.05, 0) is 51.5 Å². The summed E-state index contributed by atoms with van der Waals surface area (Å²) in [6.45, 7) is 7.33. The Balaban J connectivity index is 2.33. The first-order chi connectivity index (χ1) is 14.5. The van der Waals surface area contributed by atoms with Crippen LogP contribution in [-0.2, 0) is 6.18 Å². The fourth-order valence-electron chi connectivity index (χ4n) is 3.38. The van der Waals surface area contributed by atoms with Crippen molar-refractivity contribution >= 4 is 16.9 Å². The molecule has 3 rings (SSSR count). The Morgan fingerprint density at radius 1 is 1.16 bits per heavy atom. The molecule has 2 aromatic carbocycles. The van der Waals surface area contributed by atoms with E-state index in [1.807, 2.05) is 13.8 Å². The van der Waals surface area contributed by atoms with E-state index < -0.39 is 17.7 Å². The van der Waals surface area contributed by atoms with Gasteiger partial charge in [0, 0.05) is 17.0 Å². The van der Waals surface area contributed by atoms with E-state index in [0.717, 1.165) is 12.1 Å². The number of carboxylic acids is 1. The average Bonchev–Trinajstić information content (AvgIpc) is 2.67. The largest absolute Gasteiger partial charge is 0.490 e. The Morgan fingerprint density at radius 3 is 2.45 bits per heavy atom. The Kier molecular flexibility index (Phi) is 6.10. The molecule has 0 radical (unpaired) electrons. The number of rotatable bonds is 6. The summed E-state index contributed by atoms with van der Waals surface area (Å²) in [5.41, 5.74) is 0.00886. The smallest absolute Gasteiger partial charge is 0.416 e. The highest BCUT2D eigenvalue weighted by molar-refractivity contribution is 6.06. The quantitative estimate of drug-likeness (QED) is 0.508. The molecular weight excluding hydrogens is 411 g/mol. The number of hydrogen-bond acceptors (Lipinski definition) is 4. The Hall–Kier alpha value is -3.29. The van der Waals surface area contributed by atoms with Gasteiger partial charge in [0.15, 0.2) is 11.5 Å². The molecule has 0 saturated carbocycles. The van der Waals surface area contributed by atoms with Gasteiger partial charge in [0.2, 0.25) is 0 Å². The van der Waals surface area contributed by atoms with Gasteiger partial charge in [-0.3, -0.25) is 0 Å². The van der Waals surface area contributed by atoms with Gasteiger partial charge in [0.25, 0.3) is 0 Å². The van der Waals surface area contributed by atoms with Crippen molar-refractivity contribution in [3.63, 3.8) is 0 Å². The number of aromatic nitrogens is 1. The number of halogens is 3. The van der Waals surface area contributed by atoms with Crippen molar-refractivity contribution in [3.05, 3.63) is 53.1 Å². The third-order valence-electron chi connectivity index (χ3n) is 4.63. The van der Waals surface area contributed by atoms with Gasteiger partial charge < -0.3 is 14.6 Å². The summed E-state index contributed by atoms with van der Waals surface area (Å²) in [7, 11) is 0. The van der Waals surface area contributed by atoms with Gasteiger partial charge in [-0.2, -0.15) is 13.2 Å². The highest BCUT2D eigenvalue weighted by atomic mass is 19.4. The summed E-state index contributed by atoms with van der Waals surface area (Å²) in [4.78, 5) is 16.6. The third kappa shape index (κ3) is 4.57. The molecule has 3 aromatic rings. The van der Waals surface area contributed by atoms with E-state index in [2.05, 4.69) is 4.98 Å². The Labute approximate surface area is 177 Å². The maximum Gasteiger partial charge on any atom is 0.416 e. The van der Waals surface area contributed by atoms with Crippen molar-refractivity contribution in [2.45, 2.75) is 40.0 Å². The molecule has 0 saturated heterocycles. The Bertz CT molecular complexity index is 1140. The highest BCUT2D eigenvalue weighted by Gasteiger charge is 2.31. The topological polar surface area (TPSA) is 68.7 Å². The minimum absolute atomic E-state index is 0.0468. The van der Waals surface area contributed by atoms with Crippen LogP contribution in [0.2, 0.25) is 0 Å². The van der Waals surface area contributed by atoms with Gasteiger partial charge in [-0.15, -0.1) is 0 Å². The molecule has 0 amide bonds. The fourth-order valence-corrected chi connectivity index (χ4v) is 3.38. The van der Waals surface area contributed by atoms with E-state index in [-0.39, 0.29) is 34.0 Å². The monoisotopic (exact) mass is 433 g/mol. The number of fused-ring (bicyclic) bond motifs is 1. The predicted octanol–water partition coefficient (Wildman–Crippen LogP) is 6.11. The first-order valence-electron chi connectivity index (χ1n) is 9.71. The van der Waals surface area contributed by atoms with Gasteiger partial charge in [-0.1, -0.05) is 12.1 Å².